The van der Waals surface area contributed by atoms with Crippen LogP contribution in [0, 0.1) is 5.82 Å². The molecule has 0 saturated heterocycles. The SMILES string of the molecule is O=C(NC1CCCCC1)N1CCc2nc(Cc3ccccc3F)[nH]c(=O)c2C1. The Labute approximate surface area is 163 Å². The van der Waals surface area contributed by atoms with E-state index in [1.807, 2.05) is 0 Å². The van der Waals surface area contributed by atoms with Gasteiger partial charge in [-0.3, -0.25) is 4.79 Å². The average molecular weight is 384 g/mol. The lowest BCUT2D eigenvalue weighted by molar-refractivity contribution is 0.184. The van der Waals surface area contributed by atoms with Crippen LogP contribution < -0.4 is 10.9 Å². The Hall–Kier alpha value is -2.70. The quantitative estimate of drug-likeness (QED) is 0.854. The summed E-state index contributed by atoms with van der Waals surface area (Å²) in [6.07, 6.45) is 6.36. The summed E-state index contributed by atoms with van der Waals surface area (Å²) in [5.74, 6) is 0.141. The molecule has 4 rings (SSSR count). The van der Waals surface area contributed by atoms with Crippen LogP contribution in [0.2, 0.25) is 0 Å². The van der Waals surface area contributed by atoms with Gasteiger partial charge in [-0.05, 0) is 24.5 Å². The van der Waals surface area contributed by atoms with Gasteiger partial charge in [0.2, 0.25) is 0 Å². The van der Waals surface area contributed by atoms with E-state index in [4.69, 9.17) is 0 Å². The number of nitrogens with one attached hydrogen (secondary N) is 2. The van der Waals surface area contributed by atoms with Crippen LogP contribution in [-0.4, -0.2) is 33.5 Å². The molecule has 0 unspecified atom stereocenters. The van der Waals surface area contributed by atoms with Gasteiger partial charge in [-0.2, -0.15) is 0 Å². The van der Waals surface area contributed by atoms with Crippen molar-refractivity contribution in [3.8, 4) is 0 Å². The molecule has 1 saturated carbocycles. The Morgan fingerprint density at radius 1 is 1.25 bits per heavy atom. The second kappa shape index (κ2) is 8.12. The third kappa shape index (κ3) is 4.08. The number of aromatic amines is 1. The molecule has 2 amide bonds. The van der Waals surface area contributed by atoms with Crippen LogP contribution in [0.1, 0.15) is 54.7 Å². The Morgan fingerprint density at radius 2 is 2.04 bits per heavy atom. The van der Waals surface area contributed by atoms with Crippen LogP contribution in [0.4, 0.5) is 9.18 Å². The van der Waals surface area contributed by atoms with Gasteiger partial charge in [-0.25, -0.2) is 14.2 Å². The molecule has 148 valence electrons. The van der Waals surface area contributed by atoms with Crippen LogP contribution in [-0.2, 0) is 19.4 Å². The maximum Gasteiger partial charge on any atom is 0.317 e. The first-order chi connectivity index (χ1) is 13.6. The first kappa shape index (κ1) is 18.7. The lowest BCUT2D eigenvalue weighted by Crippen LogP contribution is -2.48. The third-order valence-electron chi connectivity index (χ3n) is 5.65. The minimum Gasteiger partial charge on any atom is -0.335 e. The van der Waals surface area contributed by atoms with Crippen molar-refractivity contribution in [2.45, 2.75) is 57.5 Å². The lowest BCUT2D eigenvalue weighted by atomic mass is 9.96. The number of carbonyl (C=O) groups excluding carboxylic acids is 1. The smallest absolute Gasteiger partial charge is 0.317 e. The summed E-state index contributed by atoms with van der Waals surface area (Å²) >= 11 is 0. The molecule has 28 heavy (non-hydrogen) atoms. The van der Waals surface area contributed by atoms with E-state index in [0.29, 0.717) is 35.6 Å². The van der Waals surface area contributed by atoms with E-state index >= 15 is 0 Å². The van der Waals surface area contributed by atoms with Crippen molar-refractivity contribution in [3.05, 3.63) is 63.1 Å². The van der Waals surface area contributed by atoms with Gasteiger partial charge >= 0.3 is 6.03 Å². The molecular formula is C21H25FN4O2. The number of hydrogen-bond acceptors (Lipinski definition) is 3. The van der Waals surface area contributed by atoms with Crippen molar-refractivity contribution in [3.63, 3.8) is 0 Å². The molecule has 1 aromatic heterocycles. The molecule has 2 aliphatic rings. The van der Waals surface area contributed by atoms with Crippen molar-refractivity contribution in [1.82, 2.24) is 20.2 Å². The van der Waals surface area contributed by atoms with Crippen molar-refractivity contribution >= 4 is 6.03 Å². The predicted molar refractivity (Wildman–Crippen MR) is 104 cm³/mol. The highest BCUT2D eigenvalue weighted by Crippen LogP contribution is 2.19. The summed E-state index contributed by atoms with van der Waals surface area (Å²) in [5.41, 5.74) is 1.49. The molecule has 0 spiro atoms. The summed E-state index contributed by atoms with van der Waals surface area (Å²) in [6.45, 7) is 0.789. The van der Waals surface area contributed by atoms with Gasteiger partial charge in [-0.15, -0.1) is 0 Å². The molecule has 2 aromatic rings. The molecule has 1 fully saturated rings. The Balaban J connectivity index is 1.46. The van der Waals surface area contributed by atoms with Crippen LogP contribution in [0.15, 0.2) is 29.1 Å². The number of fused-ring (bicyclic) bond motifs is 1. The number of aromatic nitrogens is 2. The second-order valence-corrected chi connectivity index (χ2v) is 7.66. The molecule has 2 N–H and O–H groups in total. The number of amides is 2. The number of nitrogens with zero attached hydrogens (tertiary/aromatic N) is 2. The maximum atomic E-state index is 13.9. The van der Waals surface area contributed by atoms with Crippen LogP contribution >= 0.6 is 0 Å². The molecule has 6 nitrogen and oxygen atoms in total. The van der Waals surface area contributed by atoms with E-state index in [9.17, 15) is 14.0 Å². The van der Waals surface area contributed by atoms with Gasteiger partial charge in [-0.1, -0.05) is 37.5 Å². The summed E-state index contributed by atoms with van der Waals surface area (Å²) in [4.78, 5) is 34.1. The van der Waals surface area contributed by atoms with E-state index in [-0.39, 0.29) is 36.4 Å². The lowest BCUT2D eigenvalue weighted by Gasteiger charge is -2.31. The number of hydrogen-bond donors (Lipinski definition) is 2. The van der Waals surface area contributed by atoms with E-state index < -0.39 is 0 Å². The van der Waals surface area contributed by atoms with Crippen LogP contribution in [0.5, 0.6) is 0 Å². The van der Waals surface area contributed by atoms with Gasteiger partial charge in [0, 0.05) is 25.4 Å². The fourth-order valence-electron chi connectivity index (χ4n) is 4.07. The number of halogens is 1. The zero-order valence-electron chi connectivity index (χ0n) is 15.8. The fraction of sp³-hybridized carbons (Fsp3) is 0.476. The number of carbonyl (C=O) groups is 1. The van der Waals surface area contributed by atoms with E-state index in [1.165, 1.54) is 12.5 Å². The Bertz CT molecular complexity index is 921. The van der Waals surface area contributed by atoms with E-state index in [2.05, 4.69) is 15.3 Å². The van der Waals surface area contributed by atoms with E-state index in [0.717, 1.165) is 25.7 Å². The van der Waals surface area contributed by atoms with Crippen LogP contribution in [0.25, 0.3) is 0 Å². The molecule has 0 bridgehead atoms. The third-order valence-corrected chi connectivity index (χ3v) is 5.65. The Kier molecular flexibility index (Phi) is 5.41. The molecule has 2 heterocycles. The number of urea groups is 1. The molecule has 1 aliphatic heterocycles. The molecule has 0 atom stereocenters. The van der Waals surface area contributed by atoms with Crippen molar-refractivity contribution < 1.29 is 9.18 Å². The second-order valence-electron chi connectivity index (χ2n) is 7.66. The van der Waals surface area contributed by atoms with Gasteiger partial charge in [0.05, 0.1) is 17.8 Å². The zero-order valence-corrected chi connectivity index (χ0v) is 15.8. The normalized spacial score (nSPS) is 17.2. The number of H-pyrrole nitrogens is 1. The number of rotatable bonds is 3. The first-order valence-corrected chi connectivity index (χ1v) is 10.00. The molecule has 1 aliphatic carbocycles. The monoisotopic (exact) mass is 384 g/mol. The van der Waals surface area contributed by atoms with Crippen molar-refractivity contribution in [2.75, 3.05) is 6.54 Å². The highest BCUT2D eigenvalue weighted by atomic mass is 19.1. The molecular weight excluding hydrogens is 359 g/mol. The first-order valence-electron chi connectivity index (χ1n) is 10.00. The zero-order chi connectivity index (χ0) is 19.5. The molecule has 7 heteroatoms. The van der Waals surface area contributed by atoms with Crippen LogP contribution in [0.3, 0.4) is 0 Å². The maximum absolute atomic E-state index is 13.9. The standard InChI is InChI=1S/C21H25FN4O2/c22-17-9-5-4-6-14(17)12-19-24-18-10-11-26(13-16(18)20(27)25-19)21(28)23-15-7-2-1-3-8-15/h4-6,9,15H,1-3,7-8,10-13H2,(H,23,28)(H,24,25,27). The van der Waals surface area contributed by atoms with Gasteiger partial charge < -0.3 is 15.2 Å². The van der Waals surface area contributed by atoms with Gasteiger partial charge in [0.25, 0.3) is 5.56 Å². The molecule has 1 aromatic carbocycles. The average Bonchev–Trinajstić information content (AvgIpc) is 2.70. The summed E-state index contributed by atoms with van der Waals surface area (Å²) in [5, 5.41) is 3.10. The summed E-state index contributed by atoms with van der Waals surface area (Å²) < 4.78 is 13.9. The van der Waals surface area contributed by atoms with Crippen molar-refractivity contribution in [2.24, 2.45) is 0 Å². The van der Waals surface area contributed by atoms with Gasteiger partial charge in [0.1, 0.15) is 11.6 Å². The minimum atomic E-state index is -0.312. The molecule has 0 radical (unpaired) electrons. The highest BCUT2D eigenvalue weighted by molar-refractivity contribution is 5.74. The minimum absolute atomic E-state index is 0.104. The highest BCUT2D eigenvalue weighted by Gasteiger charge is 2.26. The predicted octanol–water partition coefficient (Wildman–Crippen LogP) is 2.90. The summed E-state index contributed by atoms with van der Waals surface area (Å²) in [7, 11) is 0. The number of benzene rings is 1. The fourth-order valence-corrected chi connectivity index (χ4v) is 4.07. The summed E-state index contributed by atoms with van der Waals surface area (Å²) in [6, 6.07) is 6.61. The Morgan fingerprint density at radius 3 is 2.82 bits per heavy atom. The largest absolute Gasteiger partial charge is 0.335 e. The van der Waals surface area contributed by atoms with Gasteiger partial charge in [0.15, 0.2) is 0 Å². The van der Waals surface area contributed by atoms with E-state index in [1.54, 1.807) is 23.1 Å². The van der Waals surface area contributed by atoms with Crippen molar-refractivity contribution in [1.29, 1.82) is 0 Å². The topological polar surface area (TPSA) is 78.1 Å².